The first-order valence-electron chi connectivity index (χ1n) is 17.6. The number of aromatic nitrogens is 4. The minimum Gasteiger partial charge on any atom is -0.453 e. The second-order valence-corrected chi connectivity index (χ2v) is 16.4. The number of carbonyl (C=O) groups excluding carboxylic acids is 3. The van der Waals surface area contributed by atoms with Gasteiger partial charge >= 0.3 is 12.2 Å². The fraction of sp³-hybridized carbons (Fsp3) is 0.447. The van der Waals surface area contributed by atoms with Crippen molar-refractivity contribution in [2.24, 2.45) is 5.92 Å². The van der Waals surface area contributed by atoms with Gasteiger partial charge in [-0.15, -0.1) is 22.7 Å². The molecule has 0 spiro atoms. The largest absolute Gasteiger partial charge is 0.453 e. The van der Waals surface area contributed by atoms with Crippen LogP contribution in [0.2, 0.25) is 0 Å². The predicted octanol–water partition coefficient (Wildman–Crippen LogP) is 7.75. The van der Waals surface area contributed by atoms with Crippen LogP contribution in [-0.2, 0) is 14.3 Å². The molecule has 2 fully saturated rings. The molecule has 1 aromatic carbocycles. The number of nitrogens with one attached hydrogen (secondary N) is 3. The molecule has 12 nitrogen and oxygen atoms in total. The van der Waals surface area contributed by atoms with Crippen LogP contribution in [0.5, 0.6) is 0 Å². The molecule has 0 aliphatic carbocycles. The van der Waals surface area contributed by atoms with E-state index >= 15 is 0 Å². The van der Waals surface area contributed by atoms with Crippen molar-refractivity contribution >= 4 is 61.2 Å². The van der Waals surface area contributed by atoms with E-state index in [0.29, 0.717) is 18.8 Å². The first-order valence-corrected chi connectivity index (χ1v) is 19.4. The number of thiophene rings is 2. The third-order valence-corrected chi connectivity index (χ3v) is 11.6. The SMILES string of the molecule is COC(=O)NC(C(=O)N1CCCC1c1nc2ccc(-c3csc4c(C#Cc5cnc(C6CCCN6C(=O)OC(C)(C)C)[nH]5)csc34)cc2[nH]1)C(C)C. The molecule has 0 bridgehead atoms. The summed E-state index contributed by atoms with van der Waals surface area (Å²) in [4.78, 5) is 58.3. The summed E-state index contributed by atoms with van der Waals surface area (Å²) in [6.45, 7) is 10.7. The summed E-state index contributed by atoms with van der Waals surface area (Å²) in [5.41, 5.74) is 5.04. The molecule has 3 N–H and O–H groups in total. The van der Waals surface area contributed by atoms with Crippen LogP contribution in [0.4, 0.5) is 9.59 Å². The zero-order valence-corrected chi connectivity index (χ0v) is 31.8. The average molecular weight is 742 g/mol. The van der Waals surface area contributed by atoms with Crippen LogP contribution >= 0.6 is 22.7 Å². The van der Waals surface area contributed by atoms with Gasteiger partial charge in [-0.3, -0.25) is 9.69 Å². The number of benzene rings is 1. The molecular weight excluding hydrogens is 699 g/mol. The molecule has 2 saturated heterocycles. The van der Waals surface area contributed by atoms with Gasteiger partial charge in [0.2, 0.25) is 5.91 Å². The van der Waals surface area contributed by atoms with E-state index in [4.69, 9.17) is 14.5 Å². The van der Waals surface area contributed by atoms with E-state index in [0.717, 1.165) is 69.8 Å². The topological polar surface area (TPSA) is 146 Å². The lowest BCUT2D eigenvalue weighted by Crippen LogP contribution is -2.51. The van der Waals surface area contributed by atoms with Gasteiger partial charge in [-0.2, -0.15) is 0 Å². The molecule has 3 unspecified atom stereocenters. The number of carbonyl (C=O) groups is 3. The Morgan fingerprint density at radius 3 is 2.44 bits per heavy atom. The van der Waals surface area contributed by atoms with Gasteiger partial charge in [0.05, 0.1) is 51.4 Å². The molecule has 3 atom stereocenters. The maximum Gasteiger partial charge on any atom is 0.410 e. The minimum atomic E-state index is -0.684. The van der Waals surface area contributed by atoms with E-state index in [2.05, 4.69) is 55.0 Å². The fourth-order valence-corrected chi connectivity index (χ4v) is 9.26. The standard InChI is InChI=1S/C38H43N7O5S2/c1-21(2)30(43-36(47)49-6)35(46)44-15-7-10-29(44)34-41-26-14-12-22(17-27(26)42-34)25-20-52-31-23(19-51-32(25)31)11-13-24-18-39-33(40-24)28-9-8-16-45(28)37(48)50-38(3,4)5/h12,14,17-21,28-30H,7-10,15-16H2,1-6H3,(H,39,40)(H,41,42)(H,43,47). The summed E-state index contributed by atoms with van der Waals surface area (Å²) in [6.07, 6.45) is 4.15. The van der Waals surface area contributed by atoms with E-state index in [1.807, 2.05) is 45.6 Å². The zero-order valence-electron chi connectivity index (χ0n) is 30.2. The Balaban J connectivity index is 1.08. The van der Waals surface area contributed by atoms with Gasteiger partial charge in [0.1, 0.15) is 29.0 Å². The fourth-order valence-electron chi connectivity index (χ4n) is 6.95. The molecule has 4 aromatic heterocycles. The number of H-pyrrole nitrogens is 2. The lowest BCUT2D eigenvalue weighted by molar-refractivity contribution is -0.135. The van der Waals surface area contributed by atoms with Crippen molar-refractivity contribution in [3.8, 4) is 23.0 Å². The first-order chi connectivity index (χ1) is 24.9. The van der Waals surface area contributed by atoms with Crippen LogP contribution in [0.25, 0.3) is 31.6 Å². The highest BCUT2D eigenvalue weighted by Gasteiger charge is 2.38. The third-order valence-electron chi connectivity index (χ3n) is 9.46. The van der Waals surface area contributed by atoms with E-state index in [-0.39, 0.29) is 30.0 Å². The van der Waals surface area contributed by atoms with Gasteiger partial charge in [-0.25, -0.2) is 19.6 Å². The van der Waals surface area contributed by atoms with Crippen LogP contribution in [0.1, 0.15) is 95.3 Å². The van der Waals surface area contributed by atoms with Gasteiger partial charge in [-0.1, -0.05) is 25.8 Å². The maximum atomic E-state index is 13.6. The number of fused-ring (bicyclic) bond motifs is 2. The van der Waals surface area contributed by atoms with Gasteiger partial charge in [-0.05, 0) is 76.0 Å². The molecule has 5 aromatic rings. The molecule has 0 saturated carbocycles. The minimum absolute atomic E-state index is 0.101. The van der Waals surface area contributed by atoms with Crippen LogP contribution in [-0.4, -0.2) is 79.7 Å². The van der Waals surface area contributed by atoms with Gasteiger partial charge in [0.25, 0.3) is 0 Å². The van der Waals surface area contributed by atoms with Crippen molar-refractivity contribution in [1.29, 1.82) is 0 Å². The van der Waals surface area contributed by atoms with E-state index < -0.39 is 17.7 Å². The average Bonchev–Trinajstić information content (AvgIpc) is 3.94. The van der Waals surface area contributed by atoms with E-state index in [1.54, 1.807) is 33.8 Å². The second-order valence-electron chi connectivity index (χ2n) is 14.6. The quantitative estimate of drug-likeness (QED) is 0.151. The summed E-state index contributed by atoms with van der Waals surface area (Å²) in [7, 11) is 1.30. The normalized spacial score (nSPS) is 18.2. The van der Waals surface area contributed by atoms with E-state index in [9.17, 15) is 14.4 Å². The number of imidazole rings is 2. The maximum absolute atomic E-state index is 13.6. The first kappa shape index (κ1) is 35.5. The van der Waals surface area contributed by atoms with Crippen molar-refractivity contribution in [3.63, 3.8) is 0 Å². The van der Waals surface area contributed by atoms with Crippen molar-refractivity contribution in [2.75, 3.05) is 20.2 Å². The molecule has 6 heterocycles. The van der Waals surface area contributed by atoms with Crippen LogP contribution in [0, 0.1) is 17.8 Å². The van der Waals surface area contributed by atoms with Crippen molar-refractivity contribution in [1.82, 2.24) is 35.1 Å². The molecule has 52 heavy (non-hydrogen) atoms. The molecule has 0 radical (unpaired) electrons. The number of aromatic amines is 2. The number of methoxy groups -OCH3 is 1. The Kier molecular flexibility index (Phi) is 9.75. The Morgan fingerprint density at radius 1 is 0.981 bits per heavy atom. The second kappa shape index (κ2) is 14.3. The number of hydrogen-bond acceptors (Lipinski definition) is 9. The third kappa shape index (κ3) is 7.12. The van der Waals surface area contributed by atoms with Crippen molar-refractivity contribution in [3.05, 3.63) is 58.1 Å². The number of nitrogens with zero attached hydrogens (tertiary/aromatic N) is 4. The molecule has 272 valence electrons. The number of ether oxygens (including phenoxy) is 2. The molecule has 2 aliphatic rings. The highest BCUT2D eigenvalue weighted by Crippen LogP contribution is 2.41. The van der Waals surface area contributed by atoms with Crippen LogP contribution < -0.4 is 5.32 Å². The molecular formula is C38H43N7O5S2. The zero-order chi connectivity index (χ0) is 36.7. The highest BCUT2D eigenvalue weighted by molar-refractivity contribution is 7.27. The summed E-state index contributed by atoms with van der Waals surface area (Å²) < 4.78 is 12.7. The van der Waals surface area contributed by atoms with Gasteiger partial charge < -0.3 is 29.7 Å². The Morgan fingerprint density at radius 2 is 1.71 bits per heavy atom. The summed E-state index contributed by atoms with van der Waals surface area (Å²) in [5, 5.41) is 6.97. The smallest absolute Gasteiger partial charge is 0.410 e. The lowest BCUT2D eigenvalue weighted by Gasteiger charge is -2.29. The number of alkyl carbamates (subject to hydrolysis) is 1. The number of likely N-dealkylation sites (tertiary alicyclic amines) is 2. The van der Waals surface area contributed by atoms with E-state index in [1.165, 1.54) is 11.8 Å². The van der Waals surface area contributed by atoms with Crippen LogP contribution in [0.15, 0.2) is 35.2 Å². The summed E-state index contributed by atoms with van der Waals surface area (Å²) in [6, 6.07) is 5.17. The molecule has 14 heteroatoms. The lowest BCUT2D eigenvalue weighted by atomic mass is 10.0. The Bertz CT molecular complexity index is 2200. The summed E-state index contributed by atoms with van der Waals surface area (Å²) in [5.74, 6) is 7.82. The Labute approximate surface area is 310 Å². The molecule has 7 rings (SSSR count). The van der Waals surface area contributed by atoms with Crippen molar-refractivity contribution < 1.29 is 23.9 Å². The molecule has 2 aliphatic heterocycles. The van der Waals surface area contributed by atoms with Crippen LogP contribution in [0.3, 0.4) is 0 Å². The number of rotatable bonds is 6. The predicted molar refractivity (Wildman–Crippen MR) is 202 cm³/mol. The molecule has 3 amide bonds. The summed E-state index contributed by atoms with van der Waals surface area (Å²) >= 11 is 3.34. The van der Waals surface area contributed by atoms with Gasteiger partial charge in [0.15, 0.2) is 0 Å². The highest BCUT2D eigenvalue weighted by atomic mass is 32.1. The van der Waals surface area contributed by atoms with Gasteiger partial charge in [0, 0.05) is 29.4 Å². The monoisotopic (exact) mass is 741 g/mol. The van der Waals surface area contributed by atoms with Crippen molar-refractivity contribution in [2.45, 2.75) is 84.0 Å². The Hall–Kier alpha value is -4.87. The number of amides is 3. The number of hydrogen-bond donors (Lipinski definition) is 3.